The second-order valence-electron chi connectivity index (χ2n) is 7.45. The molecule has 0 unspecified atom stereocenters. The third-order valence-electron chi connectivity index (χ3n) is 5.01. The molecule has 0 bridgehead atoms. The Morgan fingerprint density at radius 2 is 2.03 bits per heavy atom. The van der Waals surface area contributed by atoms with Gasteiger partial charge >= 0.3 is 12.1 Å². The number of halogens is 3. The van der Waals surface area contributed by atoms with Gasteiger partial charge in [0, 0.05) is 18.4 Å². The van der Waals surface area contributed by atoms with Gasteiger partial charge in [0.15, 0.2) is 0 Å². The quantitative estimate of drug-likeness (QED) is 0.653. The third kappa shape index (κ3) is 7.48. The number of alkyl halides is 3. The van der Waals surface area contributed by atoms with Crippen LogP contribution in [0.15, 0.2) is 42.9 Å². The van der Waals surface area contributed by atoms with Crippen molar-refractivity contribution in [1.82, 2.24) is 15.3 Å². The Balaban J connectivity index is 0.000000339. The second kappa shape index (κ2) is 10.5. The highest BCUT2D eigenvalue weighted by atomic mass is 19.4. The van der Waals surface area contributed by atoms with E-state index < -0.39 is 12.1 Å². The number of carboxylic acids is 1. The van der Waals surface area contributed by atoms with E-state index in [1.54, 1.807) is 12.4 Å². The fourth-order valence-corrected chi connectivity index (χ4v) is 3.04. The molecule has 2 aromatic heterocycles. The predicted octanol–water partition coefficient (Wildman–Crippen LogP) is 3.17. The van der Waals surface area contributed by atoms with Crippen LogP contribution < -0.4 is 10.1 Å². The molecule has 168 valence electrons. The molecule has 7 nitrogen and oxygen atoms in total. The van der Waals surface area contributed by atoms with E-state index in [0.717, 1.165) is 37.6 Å². The van der Waals surface area contributed by atoms with Crippen molar-refractivity contribution >= 4 is 5.97 Å². The van der Waals surface area contributed by atoms with E-state index >= 15 is 0 Å². The van der Waals surface area contributed by atoms with Gasteiger partial charge in [-0.1, -0.05) is 6.07 Å². The number of pyridine rings is 2. The molecular formula is C21H24F3N3O4. The first kappa shape index (κ1) is 23.0. The molecule has 4 rings (SSSR count). The minimum Gasteiger partial charge on any atom is -0.490 e. The summed E-state index contributed by atoms with van der Waals surface area (Å²) in [5, 5.41) is 10.5. The summed E-state index contributed by atoms with van der Waals surface area (Å²) in [6.45, 7) is 3.19. The smallest absolute Gasteiger partial charge is 0.490 e. The molecular weight excluding hydrogens is 415 g/mol. The Labute approximate surface area is 177 Å². The maximum Gasteiger partial charge on any atom is 0.490 e. The summed E-state index contributed by atoms with van der Waals surface area (Å²) in [5.74, 6) is -0.751. The van der Waals surface area contributed by atoms with E-state index in [9.17, 15) is 13.2 Å². The number of nitrogens with zero attached hydrogens (tertiary/aromatic N) is 2. The zero-order chi connectivity index (χ0) is 22.3. The lowest BCUT2D eigenvalue weighted by Crippen LogP contribution is -2.46. The molecule has 2 N–H and O–H groups in total. The number of aliphatic carboxylic acids is 1. The first-order valence-electron chi connectivity index (χ1n) is 9.92. The highest BCUT2D eigenvalue weighted by Crippen LogP contribution is 2.47. The van der Waals surface area contributed by atoms with Crippen LogP contribution in [-0.4, -0.2) is 53.0 Å². The molecule has 1 saturated carbocycles. The van der Waals surface area contributed by atoms with Gasteiger partial charge in [0.1, 0.15) is 12.4 Å². The van der Waals surface area contributed by atoms with E-state index in [4.69, 9.17) is 19.4 Å². The summed E-state index contributed by atoms with van der Waals surface area (Å²) in [5.41, 5.74) is 2.25. The molecule has 2 fully saturated rings. The van der Waals surface area contributed by atoms with E-state index in [1.165, 1.54) is 12.0 Å². The van der Waals surface area contributed by atoms with Gasteiger partial charge in [-0.25, -0.2) is 4.79 Å². The van der Waals surface area contributed by atoms with Crippen LogP contribution in [0.2, 0.25) is 0 Å². The highest BCUT2D eigenvalue weighted by molar-refractivity contribution is 5.73. The lowest BCUT2D eigenvalue weighted by atomic mass is 10.1. The molecule has 1 saturated heterocycles. The van der Waals surface area contributed by atoms with E-state index in [1.807, 2.05) is 24.4 Å². The maximum absolute atomic E-state index is 10.6. The maximum atomic E-state index is 10.6. The molecule has 10 heteroatoms. The van der Waals surface area contributed by atoms with Gasteiger partial charge in [0.2, 0.25) is 0 Å². The molecule has 2 aliphatic rings. The fraction of sp³-hybridized carbons (Fsp3) is 0.476. The first-order chi connectivity index (χ1) is 14.8. The normalized spacial score (nSPS) is 22.0. The van der Waals surface area contributed by atoms with Crippen molar-refractivity contribution in [1.29, 1.82) is 0 Å². The lowest BCUT2D eigenvalue weighted by molar-refractivity contribution is -0.192. The molecule has 0 spiro atoms. The lowest BCUT2D eigenvalue weighted by Gasteiger charge is -2.27. The molecule has 31 heavy (non-hydrogen) atoms. The Morgan fingerprint density at radius 3 is 2.65 bits per heavy atom. The number of rotatable bonds is 8. The molecule has 3 atom stereocenters. The molecule has 2 aromatic rings. The monoisotopic (exact) mass is 439 g/mol. The highest BCUT2D eigenvalue weighted by Gasteiger charge is 2.39. The van der Waals surface area contributed by atoms with Crippen molar-refractivity contribution in [2.24, 2.45) is 5.92 Å². The van der Waals surface area contributed by atoms with Crippen LogP contribution in [0.1, 0.15) is 30.0 Å². The van der Waals surface area contributed by atoms with Crippen LogP contribution in [0.5, 0.6) is 5.75 Å². The number of aromatic nitrogens is 2. The molecule has 1 aliphatic heterocycles. The second-order valence-corrected chi connectivity index (χ2v) is 7.45. The Morgan fingerprint density at radius 1 is 1.26 bits per heavy atom. The van der Waals surface area contributed by atoms with Crippen LogP contribution in [-0.2, 0) is 16.1 Å². The summed E-state index contributed by atoms with van der Waals surface area (Å²) in [6.07, 6.45) is 2.84. The van der Waals surface area contributed by atoms with Crippen LogP contribution in [0, 0.1) is 5.92 Å². The van der Waals surface area contributed by atoms with E-state index in [2.05, 4.69) is 21.4 Å². The van der Waals surface area contributed by atoms with Gasteiger partial charge in [-0.2, -0.15) is 13.2 Å². The van der Waals surface area contributed by atoms with Crippen LogP contribution in [0.3, 0.4) is 0 Å². The number of carboxylic acid groups (broad SMARTS) is 1. The van der Waals surface area contributed by atoms with Crippen molar-refractivity contribution in [3.8, 4) is 5.75 Å². The Kier molecular flexibility index (Phi) is 7.80. The zero-order valence-corrected chi connectivity index (χ0v) is 16.7. The van der Waals surface area contributed by atoms with Gasteiger partial charge in [-0.15, -0.1) is 0 Å². The predicted molar refractivity (Wildman–Crippen MR) is 105 cm³/mol. The van der Waals surface area contributed by atoms with Gasteiger partial charge in [-0.3, -0.25) is 9.97 Å². The van der Waals surface area contributed by atoms with Crippen molar-refractivity contribution in [3.05, 3.63) is 54.1 Å². The zero-order valence-electron chi connectivity index (χ0n) is 16.7. The van der Waals surface area contributed by atoms with Gasteiger partial charge in [0.05, 0.1) is 25.1 Å². The topological polar surface area (TPSA) is 93.6 Å². The number of ether oxygens (including phenoxy) is 2. The molecule has 0 radical (unpaired) electrons. The number of carbonyl (C=O) groups is 1. The Hall–Kier alpha value is -2.72. The summed E-state index contributed by atoms with van der Waals surface area (Å²) < 4.78 is 43.4. The third-order valence-corrected chi connectivity index (χ3v) is 5.01. The minimum absolute atomic E-state index is 0.502. The molecule has 0 aromatic carbocycles. The minimum atomic E-state index is -5.08. The average molecular weight is 439 g/mol. The average Bonchev–Trinajstić information content (AvgIpc) is 3.47. The SMILES string of the molecule is O=C(O)C(F)(F)F.c1ccc(COC[C@H]2C[C@@H]2c2cncc(OC[C@@H]3CCN3)c2)nc1. The Bertz CT molecular complexity index is 847. The largest absolute Gasteiger partial charge is 0.490 e. The van der Waals surface area contributed by atoms with Crippen LogP contribution in [0.4, 0.5) is 13.2 Å². The fourth-order valence-electron chi connectivity index (χ4n) is 3.04. The first-order valence-corrected chi connectivity index (χ1v) is 9.92. The summed E-state index contributed by atoms with van der Waals surface area (Å²) >= 11 is 0. The van der Waals surface area contributed by atoms with Crippen molar-refractivity contribution in [3.63, 3.8) is 0 Å². The van der Waals surface area contributed by atoms with Crippen LogP contribution in [0.25, 0.3) is 0 Å². The van der Waals surface area contributed by atoms with Gasteiger partial charge in [0.25, 0.3) is 0 Å². The van der Waals surface area contributed by atoms with Crippen molar-refractivity contribution in [2.75, 3.05) is 19.8 Å². The van der Waals surface area contributed by atoms with E-state index in [-0.39, 0.29) is 0 Å². The van der Waals surface area contributed by atoms with Gasteiger partial charge in [-0.05, 0) is 55.0 Å². The molecule has 3 heterocycles. The van der Waals surface area contributed by atoms with Crippen molar-refractivity contribution < 1.29 is 32.5 Å². The molecule has 0 amide bonds. The molecule has 1 aliphatic carbocycles. The van der Waals surface area contributed by atoms with Crippen LogP contribution >= 0.6 is 0 Å². The summed E-state index contributed by atoms with van der Waals surface area (Å²) in [4.78, 5) is 17.5. The van der Waals surface area contributed by atoms with E-state index in [0.29, 0.717) is 24.5 Å². The number of hydrogen-bond acceptors (Lipinski definition) is 6. The number of nitrogens with one attached hydrogen (secondary N) is 1. The van der Waals surface area contributed by atoms with Crippen molar-refractivity contribution in [2.45, 2.75) is 37.6 Å². The summed E-state index contributed by atoms with van der Waals surface area (Å²) in [7, 11) is 0. The standard InChI is InChI=1S/C19H23N3O2.C2HF3O2/c1-2-5-21-16(3-1)12-23-11-15-8-19(15)14-7-18(10-20-9-14)24-13-17-4-6-22-17;3-2(4,5)1(6)7/h1-3,5,7,9-10,15,17,19,22H,4,6,8,11-13H2;(H,6,7)/t15-,17+,19-;/m1./s1. The summed E-state index contributed by atoms with van der Waals surface area (Å²) in [6, 6.07) is 8.54. The van der Waals surface area contributed by atoms with Gasteiger partial charge < -0.3 is 19.9 Å². The number of hydrogen-bond donors (Lipinski definition) is 2.